The second-order valence-electron chi connectivity index (χ2n) is 7.19. The average molecular weight is 428 g/mol. The van der Waals surface area contributed by atoms with E-state index < -0.39 is 0 Å². The zero-order valence-corrected chi connectivity index (χ0v) is 17.8. The summed E-state index contributed by atoms with van der Waals surface area (Å²) in [5, 5.41) is 2.89. The molecular formula is C26H24N2O4. The highest BCUT2D eigenvalue weighted by Crippen LogP contribution is 2.23. The summed E-state index contributed by atoms with van der Waals surface area (Å²) in [6, 6.07) is 24.8. The highest BCUT2D eigenvalue weighted by molar-refractivity contribution is 5.90. The topological polar surface area (TPSA) is 73.6 Å². The van der Waals surface area contributed by atoms with E-state index in [4.69, 9.17) is 13.9 Å². The molecule has 0 radical (unpaired) electrons. The third kappa shape index (κ3) is 5.76. The number of hydrogen-bond acceptors (Lipinski definition) is 5. The van der Waals surface area contributed by atoms with Gasteiger partial charge in [0.25, 0.3) is 0 Å². The van der Waals surface area contributed by atoms with Crippen molar-refractivity contribution in [3.05, 3.63) is 96.5 Å². The normalized spacial score (nSPS) is 10.5. The minimum Gasteiger partial charge on any atom is -0.497 e. The van der Waals surface area contributed by atoms with Gasteiger partial charge in [-0.2, -0.15) is 0 Å². The largest absolute Gasteiger partial charge is 0.497 e. The second-order valence-corrected chi connectivity index (χ2v) is 7.19. The van der Waals surface area contributed by atoms with Gasteiger partial charge in [0.05, 0.1) is 13.3 Å². The van der Waals surface area contributed by atoms with Gasteiger partial charge in [0.2, 0.25) is 5.91 Å². The van der Waals surface area contributed by atoms with Crippen LogP contribution >= 0.6 is 0 Å². The summed E-state index contributed by atoms with van der Waals surface area (Å²) in [6.07, 6.45) is 2.36. The zero-order valence-electron chi connectivity index (χ0n) is 17.8. The Bertz CT molecular complexity index is 1140. The van der Waals surface area contributed by atoms with Crippen molar-refractivity contribution in [1.82, 2.24) is 4.98 Å². The van der Waals surface area contributed by atoms with Gasteiger partial charge >= 0.3 is 0 Å². The lowest BCUT2D eigenvalue weighted by molar-refractivity contribution is -0.116. The summed E-state index contributed by atoms with van der Waals surface area (Å²) in [7, 11) is 1.63. The van der Waals surface area contributed by atoms with Crippen LogP contribution in [0.15, 0.2) is 89.5 Å². The summed E-state index contributed by atoms with van der Waals surface area (Å²) in [5.41, 5.74) is 2.73. The third-order valence-electron chi connectivity index (χ3n) is 4.88. The number of aryl methyl sites for hydroxylation is 1. The van der Waals surface area contributed by atoms with Crippen LogP contribution in [0.5, 0.6) is 11.5 Å². The molecule has 6 nitrogen and oxygen atoms in total. The summed E-state index contributed by atoms with van der Waals surface area (Å²) in [6.45, 7) is 0.501. The van der Waals surface area contributed by atoms with E-state index in [0.29, 0.717) is 30.4 Å². The molecule has 1 amide bonds. The summed E-state index contributed by atoms with van der Waals surface area (Å²) in [5.74, 6) is 2.61. The van der Waals surface area contributed by atoms with Crippen LogP contribution in [0.1, 0.15) is 17.9 Å². The Balaban J connectivity index is 1.24. The summed E-state index contributed by atoms with van der Waals surface area (Å²) < 4.78 is 16.7. The van der Waals surface area contributed by atoms with Crippen LogP contribution in [-0.4, -0.2) is 18.0 Å². The molecule has 4 rings (SSSR count). The Kier molecular flexibility index (Phi) is 6.82. The first-order valence-corrected chi connectivity index (χ1v) is 10.4. The Morgan fingerprint density at radius 2 is 1.66 bits per heavy atom. The molecule has 4 aromatic rings. The number of amides is 1. The fourth-order valence-electron chi connectivity index (χ4n) is 3.13. The van der Waals surface area contributed by atoms with Crippen molar-refractivity contribution >= 4 is 11.6 Å². The van der Waals surface area contributed by atoms with Gasteiger partial charge in [0, 0.05) is 24.1 Å². The minimum absolute atomic E-state index is 0.104. The highest BCUT2D eigenvalue weighted by Gasteiger charge is 2.10. The van der Waals surface area contributed by atoms with Crippen LogP contribution in [0, 0.1) is 0 Å². The van der Waals surface area contributed by atoms with Crippen LogP contribution in [0.3, 0.4) is 0 Å². The summed E-state index contributed by atoms with van der Waals surface area (Å²) >= 11 is 0. The van der Waals surface area contributed by atoms with Crippen molar-refractivity contribution in [3.8, 4) is 22.8 Å². The average Bonchev–Trinajstić information content (AvgIpc) is 3.32. The predicted octanol–water partition coefficient (Wildman–Crippen LogP) is 5.50. The van der Waals surface area contributed by atoms with Crippen LogP contribution < -0.4 is 14.8 Å². The van der Waals surface area contributed by atoms with Gasteiger partial charge < -0.3 is 19.2 Å². The van der Waals surface area contributed by atoms with Gasteiger partial charge in [0.1, 0.15) is 18.1 Å². The highest BCUT2D eigenvalue weighted by atomic mass is 16.5. The van der Waals surface area contributed by atoms with Crippen molar-refractivity contribution in [2.75, 3.05) is 12.4 Å². The van der Waals surface area contributed by atoms with Crippen molar-refractivity contribution in [1.29, 1.82) is 0 Å². The fraction of sp³-hybridized carbons (Fsp3) is 0.154. The van der Waals surface area contributed by atoms with Crippen LogP contribution in [-0.2, 0) is 17.8 Å². The molecule has 0 bridgehead atoms. The van der Waals surface area contributed by atoms with E-state index in [9.17, 15) is 4.79 Å². The number of aromatic nitrogens is 1. The molecule has 0 aliphatic carbocycles. The van der Waals surface area contributed by atoms with E-state index in [0.717, 1.165) is 22.6 Å². The quantitative estimate of drug-likeness (QED) is 0.381. The van der Waals surface area contributed by atoms with Crippen molar-refractivity contribution < 1.29 is 18.7 Å². The number of rotatable bonds is 9. The molecule has 0 fully saturated rings. The first-order valence-electron chi connectivity index (χ1n) is 10.4. The molecule has 1 aromatic heterocycles. The van der Waals surface area contributed by atoms with Gasteiger partial charge in [-0.25, -0.2) is 4.98 Å². The SMILES string of the molecule is COc1ccc(-c2cnc(CCC(=O)Nc3ccc(OCc4ccccc4)cc3)o2)cc1. The maximum atomic E-state index is 12.3. The molecular weight excluding hydrogens is 404 g/mol. The number of anilines is 1. The smallest absolute Gasteiger partial charge is 0.224 e. The van der Waals surface area contributed by atoms with Crippen molar-refractivity contribution in [2.45, 2.75) is 19.4 Å². The van der Waals surface area contributed by atoms with Crippen LogP contribution in [0.2, 0.25) is 0 Å². The lowest BCUT2D eigenvalue weighted by Gasteiger charge is -2.08. The maximum Gasteiger partial charge on any atom is 0.224 e. The number of nitrogens with zero attached hydrogens (tertiary/aromatic N) is 1. The molecule has 0 unspecified atom stereocenters. The van der Waals surface area contributed by atoms with Crippen LogP contribution in [0.25, 0.3) is 11.3 Å². The number of ether oxygens (including phenoxy) is 2. The lowest BCUT2D eigenvalue weighted by Crippen LogP contribution is -2.12. The number of oxazole rings is 1. The molecule has 162 valence electrons. The number of methoxy groups -OCH3 is 1. The van der Waals surface area contributed by atoms with Gasteiger partial charge in [-0.15, -0.1) is 0 Å². The Morgan fingerprint density at radius 1 is 0.938 bits per heavy atom. The third-order valence-corrected chi connectivity index (χ3v) is 4.88. The molecule has 3 aromatic carbocycles. The molecule has 6 heteroatoms. The Labute approximate surface area is 186 Å². The van der Waals surface area contributed by atoms with Crippen molar-refractivity contribution in [2.24, 2.45) is 0 Å². The lowest BCUT2D eigenvalue weighted by atomic mass is 10.2. The fourth-order valence-corrected chi connectivity index (χ4v) is 3.13. The number of hydrogen-bond donors (Lipinski definition) is 1. The number of benzene rings is 3. The molecule has 0 saturated heterocycles. The summed E-state index contributed by atoms with van der Waals surface area (Å²) in [4.78, 5) is 16.6. The molecule has 0 aliphatic heterocycles. The predicted molar refractivity (Wildman–Crippen MR) is 123 cm³/mol. The van der Waals surface area contributed by atoms with Gasteiger partial charge in [0.15, 0.2) is 11.7 Å². The molecule has 32 heavy (non-hydrogen) atoms. The molecule has 0 aliphatic rings. The number of carbonyl (C=O) groups is 1. The Morgan fingerprint density at radius 3 is 2.38 bits per heavy atom. The molecule has 1 N–H and O–H groups in total. The van der Waals surface area contributed by atoms with Gasteiger partial charge in [-0.1, -0.05) is 30.3 Å². The van der Waals surface area contributed by atoms with E-state index in [1.165, 1.54) is 0 Å². The zero-order chi connectivity index (χ0) is 22.2. The van der Waals surface area contributed by atoms with Gasteiger partial charge in [-0.05, 0) is 54.1 Å². The Hall–Kier alpha value is -4.06. The van der Waals surface area contributed by atoms with E-state index in [1.807, 2.05) is 78.9 Å². The van der Waals surface area contributed by atoms with Crippen molar-refractivity contribution in [3.63, 3.8) is 0 Å². The van der Waals surface area contributed by atoms with Crippen LogP contribution in [0.4, 0.5) is 5.69 Å². The monoisotopic (exact) mass is 428 g/mol. The van der Waals surface area contributed by atoms with E-state index in [-0.39, 0.29) is 12.3 Å². The second kappa shape index (κ2) is 10.3. The first-order chi connectivity index (χ1) is 15.7. The maximum absolute atomic E-state index is 12.3. The molecule has 1 heterocycles. The molecule has 0 atom stereocenters. The molecule has 0 saturated carbocycles. The number of carbonyl (C=O) groups excluding carboxylic acids is 1. The van der Waals surface area contributed by atoms with E-state index in [1.54, 1.807) is 13.3 Å². The molecule has 0 spiro atoms. The van der Waals surface area contributed by atoms with E-state index in [2.05, 4.69) is 10.3 Å². The van der Waals surface area contributed by atoms with E-state index >= 15 is 0 Å². The minimum atomic E-state index is -0.104. The standard InChI is InChI=1S/C26H24N2O4/c1-30-22-11-7-20(8-12-22)24-17-27-26(32-24)16-15-25(29)28-21-9-13-23(14-10-21)31-18-19-5-3-2-4-6-19/h2-14,17H,15-16,18H2,1H3,(H,28,29). The first kappa shape index (κ1) is 21.2. The van der Waals surface area contributed by atoms with Gasteiger partial charge in [-0.3, -0.25) is 4.79 Å². The number of nitrogens with one attached hydrogen (secondary N) is 1.